The quantitative estimate of drug-likeness (QED) is 0.768. The van der Waals surface area contributed by atoms with Crippen LogP contribution in [-0.4, -0.2) is 61.4 Å². The second-order valence-electron chi connectivity index (χ2n) is 6.08. The molecule has 1 heterocycles. The third-order valence-electron chi connectivity index (χ3n) is 4.32. The fraction of sp³-hybridized carbons (Fsp3) is 0.533. The highest BCUT2D eigenvalue weighted by Crippen LogP contribution is 2.33. The van der Waals surface area contributed by atoms with Crippen molar-refractivity contribution < 1.29 is 35.9 Å². The van der Waals surface area contributed by atoms with Crippen LogP contribution in [0.25, 0.3) is 0 Å². The number of hydrogen-bond donors (Lipinski definition) is 1. The molecule has 1 fully saturated rings. The first-order valence-electron chi connectivity index (χ1n) is 7.72. The maximum atomic E-state index is 13.7. The number of halogens is 4. The topological polar surface area (TPSA) is 77.9 Å². The molecule has 26 heavy (non-hydrogen) atoms. The number of hydrogen-bond acceptors (Lipinski definition) is 4. The minimum absolute atomic E-state index is 0.0690. The third kappa shape index (κ3) is 4.51. The molecule has 0 spiro atoms. The standard InChI is InChI=1S/C15H18F4N2O4S/c1-20(9-14(22)23)10-4-6-21(7-5-10)26(24,25)11-2-3-12(13(16)8-11)15(17,18)19/h2-3,8,10H,4-7,9H2,1H3,(H,22,23). The van der Waals surface area contributed by atoms with E-state index in [-0.39, 0.29) is 25.7 Å². The average Bonchev–Trinajstić information content (AvgIpc) is 2.53. The van der Waals surface area contributed by atoms with Gasteiger partial charge in [-0.3, -0.25) is 9.69 Å². The number of benzene rings is 1. The molecule has 0 amide bonds. The van der Waals surface area contributed by atoms with Crippen LogP contribution < -0.4 is 0 Å². The number of sulfonamides is 1. The van der Waals surface area contributed by atoms with Crippen LogP contribution in [0.5, 0.6) is 0 Å². The van der Waals surface area contributed by atoms with E-state index in [9.17, 15) is 30.8 Å². The van der Waals surface area contributed by atoms with Crippen molar-refractivity contribution in [2.75, 3.05) is 26.7 Å². The summed E-state index contributed by atoms with van der Waals surface area (Å²) in [5.74, 6) is -2.64. The number of carboxylic acid groups (broad SMARTS) is 1. The molecule has 1 saturated heterocycles. The fourth-order valence-electron chi connectivity index (χ4n) is 2.90. The molecule has 1 aromatic carbocycles. The summed E-state index contributed by atoms with van der Waals surface area (Å²) in [5.41, 5.74) is -1.52. The first-order valence-corrected chi connectivity index (χ1v) is 9.16. The van der Waals surface area contributed by atoms with Crippen LogP contribution in [0, 0.1) is 5.82 Å². The fourth-order valence-corrected chi connectivity index (χ4v) is 4.38. The molecule has 2 rings (SSSR count). The second-order valence-corrected chi connectivity index (χ2v) is 8.02. The second kappa shape index (κ2) is 7.49. The number of alkyl halides is 3. The lowest BCUT2D eigenvalue weighted by Crippen LogP contribution is -2.46. The van der Waals surface area contributed by atoms with Crippen molar-refractivity contribution >= 4 is 16.0 Å². The smallest absolute Gasteiger partial charge is 0.419 e. The van der Waals surface area contributed by atoms with Gasteiger partial charge in [0.05, 0.1) is 17.0 Å². The molecule has 0 aliphatic carbocycles. The summed E-state index contributed by atoms with van der Waals surface area (Å²) in [7, 11) is -2.51. The SMILES string of the molecule is CN(CC(=O)O)C1CCN(S(=O)(=O)c2ccc(C(F)(F)F)c(F)c2)CC1. The Morgan fingerprint density at radius 3 is 2.35 bits per heavy atom. The van der Waals surface area contributed by atoms with Crippen molar-refractivity contribution in [2.24, 2.45) is 0 Å². The van der Waals surface area contributed by atoms with Crippen molar-refractivity contribution in [3.8, 4) is 0 Å². The lowest BCUT2D eigenvalue weighted by molar-refractivity contribution is -0.140. The summed E-state index contributed by atoms with van der Waals surface area (Å²) in [5, 5.41) is 8.79. The van der Waals surface area contributed by atoms with Crippen LogP contribution in [0.3, 0.4) is 0 Å². The molecule has 1 N–H and O–H groups in total. The predicted molar refractivity (Wildman–Crippen MR) is 83.4 cm³/mol. The minimum atomic E-state index is -4.90. The van der Waals surface area contributed by atoms with Crippen LogP contribution in [0.15, 0.2) is 23.1 Å². The summed E-state index contributed by atoms with van der Waals surface area (Å²) < 4.78 is 77.6. The Kier molecular flexibility index (Phi) is 5.93. The molecular weight excluding hydrogens is 380 g/mol. The highest BCUT2D eigenvalue weighted by atomic mass is 32.2. The van der Waals surface area contributed by atoms with Crippen LogP contribution in [0.1, 0.15) is 18.4 Å². The zero-order valence-electron chi connectivity index (χ0n) is 13.8. The number of aliphatic carboxylic acids is 1. The van der Waals surface area contributed by atoms with E-state index in [2.05, 4.69) is 0 Å². The monoisotopic (exact) mass is 398 g/mol. The lowest BCUT2D eigenvalue weighted by atomic mass is 10.1. The molecule has 146 valence electrons. The Bertz CT molecular complexity index is 774. The van der Waals surface area contributed by atoms with Crippen LogP contribution >= 0.6 is 0 Å². The summed E-state index contributed by atoms with van der Waals surface area (Å²) >= 11 is 0. The van der Waals surface area contributed by atoms with E-state index in [1.165, 1.54) is 0 Å². The van der Waals surface area contributed by atoms with Gasteiger partial charge >= 0.3 is 12.1 Å². The van der Waals surface area contributed by atoms with E-state index in [4.69, 9.17) is 5.11 Å². The zero-order valence-corrected chi connectivity index (χ0v) is 14.6. The molecule has 6 nitrogen and oxygen atoms in total. The van der Waals surface area contributed by atoms with E-state index in [1.807, 2.05) is 0 Å². The first kappa shape index (κ1) is 20.6. The van der Waals surface area contributed by atoms with E-state index in [1.54, 1.807) is 11.9 Å². The molecule has 0 unspecified atom stereocenters. The van der Waals surface area contributed by atoms with Crippen molar-refractivity contribution in [1.29, 1.82) is 0 Å². The van der Waals surface area contributed by atoms with Gasteiger partial charge in [0, 0.05) is 19.1 Å². The van der Waals surface area contributed by atoms with Gasteiger partial charge in [-0.15, -0.1) is 0 Å². The van der Waals surface area contributed by atoms with Gasteiger partial charge in [0.15, 0.2) is 0 Å². The summed E-state index contributed by atoms with van der Waals surface area (Å²) in [6.07, 6.45) is -4.17. The zero-order chi connectivity index (χ0) is 19.7. The number of likely N-dealkylation sites (N-methyl/N-ethyl adjacent to an activating group) is 1. The predicted octanol–water partition coefficient (Wildman–Crippen LogP) is 2.01. The van der Waals surface area contributed by atoms with Gasteiger partial charge in [0.2, 0.25) is 10.0 Å². The third-order valence-corrected chi connectivity index (χ3v) is 6.21. The van der Waals surface area contributed by atoms with Crippen molar-refractivity contribution in [3.63, 3.8) is 0 Å². The Morgan fingerprint density at radius 1 is 1.31 bits per heavy atom. The molecule has 1 aliphatic rings. The number of piperidine rings is 1. The van der Waals surface area contributed by atoms with Crippen LogP contribution in [0.2, 0.25) is 0 Å². The molecule has 11 heteroatoms. The largest absolute Gasteiger partial charge is 0.480 e. The Labute approximate surface area is 148 Å². The van der Waals surface area contributed by atoms with Gasteiger partial charge in [-0.1, -0.05) is 0 Å². The Balaban J connectivity index is 2.12. The highest BCUT2D eigenvalue weighted by Gasteiger charge is 2.36. The molecule has 0 radical (unpaired) electrons. The number of carbonyl (C=O) groups is 1. The lowest BCUT2D eigenvalue weighted by Gasteiger charge is -2.35. The summed E-state index contributed by atoms with van der Waals surface area (Å²) in [6, 6.07) is 1.40. The average molecular weight is 398 g/mol. The van der Waals surface area contributed by atoms with Crippen molar-refractivity contribution in [2.45, 2.75) is 30.0 Å². The minimum Gasteiger partial charge on any atom is -0.480 e. The molecule has 0 atom stereocenters. The van der Waals surface area contributed by atoms with E-state index >= 15 is 0 Å². The van der Waals surface area contributed by atoms with Gasteiger partial charge in [0.1, 0.15) is 5.82 Å². The summed E-state index contributed by atoms with van der Waals surface area (Å²) in [6.45, 7) is -0.0409. The molecule has 1 aliphatic heterocycles. The first-order chi connectivity index (χ1) is 11.9. The summed E-state index contributed by atoms with van der Waals surface area (Å²) in [4.78, 5) is 11.8. The van der Waals surface area contributed by atoms with E-state index in [0.29, 0.717) is 25.0 Å². The Morgan fingerprint density at radius 2 is 1.88 bits per heavy atom. The molecule has 0 saturated carbocycles. The van der Waals surface area contributed by atoms with E-state index < -0.39 is 38.4 Å². The molecular formula is C15H18F4N2O4S. The van der Waals surface area contributed by atoms with Gasteiger partial charge in [0.25, 0.3) is 0 Å². The van der Waals surface area contributed by atoms with Crippen molar-refractivity contribution in [3.05, 3.63) is 29.6 Å². The van der Waals surface area contributed by atoms with Gasteiger partial charge in [-0.05, 0) is 38.1 Å². The highest BCUT2D eigenvalue weighted by molar-refractivity contribution is 7.89. The van der Waals surface area contributed by atoms with Gasteiger partial charge in [-0.25, -0.2) is 12.8 Å². The van der Waals surface area contributed by atoms with Gasteiger partial charge < -0.3 is 5.11 Å². The van der Waals surface area contributed by atoms with Crippen molar-refractivity contribution in [1.82, 2.24) is 9.21 Å². The molecule has 1 aromatic rings. The molecule has 0 aromatic heterocycles. The Hall–Kier alpha value is -1.72. The number of rotatable bonds is 5. The maximum Gasteiger partial charge on any atom is 0.419 e. The number of carboxylic acids is 1. The van der Waals surface area contributed by atoms with Gasteiger partial charge in [-0.2, -0.15) is 17.5 Å². The molecule has 0 bridgehead atoms. The number of nitrogens with zero attached hydrogens (tertiary/aromatic N) is 2. The van der Waals surface area contributed by atoms with E-state index in [0.717, 1.165) is 10.4 Å². The maximum absolute atomic E-state index is 13.7. The van der Waals surface area contributed by atoms with Crippen LogP contribution in [-0.2, 0) is 21.0 Å². The normalized spacial score (nSPS) is 17.6. The van der Waals surface area contributed by atoms with Crippen LogP contribution in [0.4, 0.5) is 17.6 Å².